The Morgan fingerprint density at radius 1 is 1.14 bits per heavy atom. The molecule has 2 aromatic rings. The third-order valence-corrected chi connectivity index (χ3v) is 4.51. The van der Waals surface area contributed by atoms with Gasteiger partial charge in [0.1, 0.15) is 18.0 Å². The molecule has 0 saturated heterocycles. The Balaban J connectivity index is 1.93. The highest BCUT2D eigenvalue weighted by molar-refractivity contribution is 5.88. The lowest BCUT2D eigenvalue weighted by atomic mass is 10.2. The van der Waals surface area contributed by atoms with Crippen LogP contribution >= 0.6 is 0 Å². The average molecular weight is 404 g/mol. The van der Waals surface area contributed by atoms with Crippen molar-refractivity contribution in [2.24, 2.45) is 4.99 Å². The van der Waals surface area contributed by atoms with Crippen molar-refractivity contribution < 1.29 is 14.3 Å². The maximum absolute atomic E-state index is 11.8. The third kappa shape index (κ3) is 6.58. The lowest BCUT2D eigenvalue weighted by molar-refractivity contribution is -0.127. The highest BCUT2D eigenvalue weighted by Crippen LogP contribution is 2.31. The Morgan fingerprint density at radius 2 is 1.90 bits per heavy atom. The van der Waals surface area contributed by atoms with Crippen molar-refractivity contribution in [3.8, 4) is 11.5 Å². The van der Waals surface area contributed by atoms with Crippen LogP contribution in [0.15, 0.2) is 23.2 Å². The first-order valence-corrected chi connectivity index (χ1v) is 9.94. The standard InChI is InChI=1S/C21H33N5O3/c1-6-9-22-21(24-14-20(27)26(2)3)23-10-7-8-15-11-17-18(25-15)12-16(28-4)13-19(17)29-5/h11-13,25H,6-10,14H2,1-5H3,(H2,22,23,24). The van der Waals surface area contributed by atoms with E-state index in [1.165, 1.54) is 0 Å². The van der Waals surface area contributed by atoms with Crippen molar-refractivity contribution in [2.45, 2.75) is 26.2 Å². The molecule has 0 saturated carbocycles. The number of fused-ring (bicyclic) bond motifs is 1. The molecule has 1 aromatic carbocycles. The number of aliphatic imine (C=N–C) groups is 1. The van der Waals surface area contributed by atoms with Gasteiger partial charge in [-0.25, -0.2) is 4.99 Å². The van der Waals surface area contributed by atoms with Crippen LogP contribution in [0.2, 0.25) is 0 Å². The van der Waals surface area contributed by atoms with Crippen molar-refractivity contribution in [3.63, 3.8) is 0 Å². The molecule has 0 aliphatic rings. The minimum atomic E-state index is -0.0231. The number of likely N-dealkylation sites (N-methyl/N-ethyl adjacent to an activating group) is 1. The number of aromatic amines is 1. The van der Waals surface area contributed by atoms with E-state index in [9.17, 15) is 4.79 Å². The number of rotatable bonds is 10. The molecule has 0 aliphatic carbocycles. The second-order valence-electron chi connectivity index (χ2n) is 7.00. The van der Waals surface area contributed by atoms with E-state index in [0.717, 1.165) is 60.4 Å². The molecule has 0 unspecified atom stereocenters. The molecule has 0 spiro atoms. The number of guanidine groups is 1. The summed E-state index contributed by atoms with van der Waals surface area (Å²) in [5.41, 5.74) is 2.13. The lowest BCUT2D eigenvalue weighted by Crippen LogP contribution is -2.39. The fourth-order valence-corrected chi connectivity index (χ4v) is 2.85. The molecule has 2 rings (SSSR count). The van der Waals surface area contributed by atoms with Gasteiger partial charge in [-0.05, 0) is 25.3 Å². The van der Waals surface area contributed by atoms with Gasteiger partial charge in [0.15, 0.2) is 5.96 Å². The summed E-state index contributed by atoms with van der Waals surface area (Å²) in [5.74, 6) is 2.21. The molecule has 1 aromatic heterocycles. The van der Waals surface area contributed by atoms with Gasteiger partial charge in [-0.1, -0.05) is 6.92 Å². The van der Waals surface area contributed by atoms with Gasteiger partial charge in [-0.2, -0.15) is 0 Å². The second kappa shape index (κ2) is 11.2. The SMILES string of the molecule is CCCNC(=NCC(=O)N(C)C)NCCCc1cc2c(OC)cc(OC)cc2[nH]1. The van der Waals surface area contributed by atoms with Crippen molar-refractivity contribution in [1.82, 2.24) is 20.5 Å². The van der Waals surface area contributed by atoms with Crippen LogP contribution in [0.1, 0.15) is 25.5 Å². The Bertz CT molecular complexity index is 829. The summed E-state index contributed by atoms with van der Waals surface area (Å²) >= 11 is 0. The van der Waals surface area contributed by atoms with E-state index < -0.39 is 0 Å². The van der Waals surface area contributed by atoms with Crippen LogP contribution in [0.3, 0.4) is 0 Å². The minimum Gasteiger partial charge on any atom is -0.497 e. The van der Waals surface area contributed by atoms with E-state index in [1.54, 1.807) is 33.2 Å². The normalized spacial score (nSPS) is 11.4. The van der Waals surface area contributed by atoms with E-state index >= 15 is 0 Å². The van der Waals surface area contributed by atoms with Gasteiger partial charge in [-0.15, -0.1) is 0 Å². The average Bonchev–Trinajstić information content (AvgIpc) is 3.13. The van der Waals surface area contributed by atoms with Crippen LogP contribution in [0.5, 0.6) is 11.5 Å². The van der Waals surface area contributed by atoms with Gasteiger partial charge in [0.25, 0.3) is 0 Å². The van der Waals surface area contributed by atoms with Crippen LogP contribution in [-0.4, -0.2) is 69.7 Å². The van der Waals surface area contributed by atoms with Gasteiger partial charge < -0.3 is 30.0 Å². The summed E-state index contributed by atoms with van der Waals surface area (Å²) in [5, 5.41) is 7.59. The molecule has 29 heavy (non-hydrogen) atoms. The van der Waals surface area contributed by atoms with Crippen LogP contribution in [0.25, 0.3) is 10.9 Å². The van der Waals surface area contributed by atoms with Crippen molar-refractivity contribution >= 4 is 22.8 Å². The number of ether oxygens (including phenoxy) is 2. The lowest BCUT2D eigenvalue weighted by Gasteiger charge is -2.13. The zero-order valence-corrected chi connectivity index (χ0v) is 18.1. The number of amides is 1. The maximum atomic E-state index is 11.8. The van der Waals surface area contributed by atoms with Crippen LogP contribution in [0, 0.1) is 0 Å². The van der Waals surface area contributed by atoms with E-state index in [4.69, 9.17) is 9.47 Å². The molecule has 0 aliphatic heterocycles. The monoisotopic (exact) mass is 403 g/mol. The number of hydrogen-bond acceptors (Lipinski definition) is 4. The number of nitrogens with zero attached hydrogens (tertiary/aromatic N) is 2. The first kappa shape index (κ1) is 22.4. The van der Waals surface area contributed by atoms with Gasteiger partial charge >= 0.3 is 0 Å². The summed E-state index contributed by atoms with van der Waals surface area (Å²) in [6.45, 7) is 3.79. The summed E-state index contributed by atoms with van der Waals surface area (Å²) in [6, 6.07) is 5.98. The fourth-order valence-electron chi connectivity index (χ4n) is 2.85. The van der Waals surface area contributed by atoms with Gasteiger partial charge in [-0.3, -0.25) is 4.79 Å². The molecule has 1 heterocycles. The molecular weight excluding hydrogens is 370 g/mol. The number of carbonyl (C=O) groups is 1. The third-order valence-electron chi connectivity index (χ3n) is 4.51. The molecule has 8 heteroatoms. The minimum absolute atomic E-state index is 0.0231. The molecule has 3 N–H and O–H groups in total. The summed E-state index contributed by atoms with van der Waals surface area (Å²) in [6.07, 6.45) is 2.79. The first-order chi connectivity index (χ1) is 14.0. The number of benzene rings is 1. The van der Waals surface area contributed by atoms with Crippen LogP contribution in [-0.2, 0) is 11.2 Å². The number of H-pyrrole nitrogens is 1. The Kier molecular flexibility index (Phi) is 8.64. The molecule has 1 amide bonds. The largest absolute Gasteiger partial charge is 0.497 e. The second-order valence-corrected chi connectivity index (χ2v) is 7.00. The van der Waals surface area contributed by atoms with Gasteiger partial charge in [0, 0.05) is 50.4 Å². The predicted octanol–water partition coefficient (Wildman–Crippen LogP) is 2.15. The number of methoxy groups -OCH3 is 2. The highest BCUT2D eigenvalue weighted by Gasteiger charge is 2.09. The smallest absolute Gasteiger partial charge is 0.243 e. The fraction of sp³-hybridized carbons (Fsp3) is 0.524. The molecule has 0 fully saturated rings. The van der Waals surface area contributed by atoms with Crippen molar-refractivity contribution in [3.05, 3.63) is 23.9 Å². The summed E-state index contributed by atoms with van der Waals surface area (Å²) in [4.78, 5) is 21.1. The quantitative estimate of drug-likeness (QED) is 0.321. The Morgan fingerprint density at radius 3 is 2.55 bits per heavy atom. The molecule has 0 radical (unpaired) electrons. The first-order valence-electron chi connectivity index (χ1n) is 9.94. The van der Waals surface area contributed by atoms with Gasteiger partial charge in [0.2, 0.25) is 5.91 Å². The maximum Gasteiger partial charge on any atom is 0.243 e. The van der Waals surface area contributed by atoms with Crippen molar-refractivity contribution in [2.75, 3.05) is 47.9 Å². The van der Waals surface area contributed by atoms with E-state index in [1.807, 2.05) is 12.1 Å². The summed E-state index contributed by atoms with van der Waals surface area (Å²) in [7, 11) is 6.77. The zero-order chi connectivity index (χ0) is 21.2. The molecule has 160 valence electrons. The Hall–Kier alpha value is -2.90. The Labute approximate surface area is 172 Å². The van der Waals surface area contributed by atoms with Gasteiger partial charge in [0.05, 0.1) is 19.7 Å². The topological polar surface area (TPSA) is 91.0 Å². The number of aromatic nitrogens is 1. The van der Waals surface area contributed by atoms with Crippen LogP contribution in [0.4, 0.5) is 0 Å². The number of hydrogen-bond donors (Lipinski definition) is 3. The summed E-state index contributed by atoms with van der Waals surface area (Å²) < 4.78 is 10.8. The van der Waals surface area contributed by atoms with Crippen LogP contribution < -0.4 is 20.1 Å². The van der Waals surface area contributed by atoms with E-state index in [0.29, 0.717) is 5.96 Å². The molecule has 0 atom stereocenters. The molecule has 8 nitrogen and oxygen atoms in total. The highest BCUT2D eigenvalue weighted by atomic mass is 16.5. The van der Waals surface area contributed by atoms with E-state index in [-0.39, 0.29) is 12.5 Å². The number of aryl methyl sites for hydroxylation is 1. The van der Waals surface area contributed by atoms with Crippen molar-refractivity contribution in [1.29, 1.82) is 0 Å². The molecular formula is C21H33N5O3. The number of nitrogens with one attached hydrogen (secondary N) is 3. The number of carbonyl (C=O) groups excluding carboxylic acids is 1. The predicted molar refractivity (Wildman–Crippen MR) is 117 cm³/mol. The van der Waals surface area contributed by atoms with E-state index in [2.05, 4.69) is 33.6 Å². The molecule has 0 bridgehead atoms. The zero-order valence-electron chi connectivity index (χ0n) is 18.1.